The lowest BCUT2D eigenvalue weighted by Crippen LogP contribution is -2.45. The molecule has 1 aromatic carbocycles. The maximum absolute atomic E-state index is 12.1. The number of likely N-dealkylation sites (N-methyl/N-ethyl adjacent to an activating group) is 1. The van der Waals surface area contributed by atoms with E-state index in [4.69, 9.17) is 9.84 Å². The Bertz CT molecular complexity index is 519. The van der Waals surface area contributed by atoms with Gasteiger partial charge < -0.3 is 20.1 Å². The van der Waals surface area contributed by atoms with Crippen molar-refractivity contribution in [2.24, 2.45) is 0 Å². The summed E-state index contributed by atoms with van der Waals surface area (Å²) in [5.74, 6) is 1.23. The lowest BCUT2D eigenvalue weighted by atomic mass is 9.82. The first kappa shape index (κ1) is 16.6. The summed E-state index contributed by atoms with van der Waals surface area (Å²) in [4.78, 5) is 13.6. The van der Waals surface area contributed by atoms with E-state index in [1.165, 1.54) is 16.0 Å². The van der Waals surface area contributed by atoms with Crippen LogP contribution in [0.2, 0.25) is 0 Å². The van der Waals surface area contributed by atoms with Crippen LogP contribution in [0.25, 0.3) is 0 Å². The minimum atomic E-state index is -0.178. The Morgan fingerprint density at radius 3 is 3.00 bits per heavy atom. The van der Waals surface area contributed by atoms with Crippen LogP contribution in [0, 0.1) is 0 Å². The van der Waals surface area contributed by atoms with E-state index in [0.29, 0.717) is 12.5 Å². The lowest BCUT2D eigenvalue weighted by Gasteiger charge is -2.28. The number of aryl methyl sites for hydroxylation is 1. The average Bonchev–Trinajstić information content (AvgIpc) is 2.57. The topological polar surface area (TPSA) is 61.8 Å². The second-order valence-electron chi connectivity index (χ2n) is 5.98. The molecule has 22 heavy (non-hydrogen) atoms. The fourth-order valence-electron chi connectivity index (χ4n) is 2.89. The molecule has 5 heteroatoms. The van der Waals surface area contributed by atoms with Crippen molar-refractivity contribution in [3.63, 3.8) is 0 Å². The molecule has 0 spiro atoms. The summed E-state index contributed by atoms with van der Waals surface area (Å²) in [5.41, 5.74) is 2.63. The van der Waals surface area contributed by atoms with E-state index in [-0.39, 0.29) is 18.7 Å². The highest BCUT2D eigenvalue weighted by atomic mass is 16.5. The summed E-state index contributed by atoms with van der Waals surface area (Å²) in [6.45, 7) is 2.42. The predicted octanol–water partition coefficient (Wildman–Crippen LogP) is 2.14. The minimum Gasteiger partial charge on any atom is -0.497 e. The van der Waals surface area contributed by atoms with Gasteiger partial charge in [-0.15, -0.1) is 0 Å². The van der Waals surface area contributed by atoms with Gasteiger partial charge in [0.05, 0.1) is 19.8 Å². The maximum Gasteiger partial charge on any atom is 0.317 e. The predicted molar refractivity (Wildman–Crippen MR) is 86.4 cm³/mol. The van der Waals surface area contributed by atoms with Crippen molar-refractivity contribution in [3.8, 4) is 5.75 Å². The van der Waals surface area contributed by atoms with E-state index in [0.717, 1.165) is 25.0 Å². The summed E-state index contributed by atoms with van der Waals surface area (Å²) in [5, 5.41) is 12.1. The number of benzene rings is 1. The molecule has 0 heterocycles. The molecule has 0 bridgehead atoms. The highest BCUT2D eigenvalue weighted by Gasteiger charge is 2.22. The summed E-state index contributed by atoms with van der Waals surface area (Å²) in [7, 11) is 3.39. The van der Waals surface area contributed by atoms with Crippen molar-refractivity contribution in [1.29, 1.82) is 0 Å². The number of urea groups is 1. The van der Waals surface area contributed by atoms with E-state index < -0.39 is 0 Å². The number of carbonyl (C=O) groups excluding carboxylic acids is 1. The molecule has 2 rings (SSSR count). The number of carbonyl (C=O) groups is 1. The monoisotopic (exact) mass is 306 g/mol. The second kappa shape index (κ2) is 7.49. The van der Waals surface area contributed by atoms with Crippen molar-refractivity contribution in [1.82, 2.24) is 10.2 Å². The molecule has 2 unspecified atom stereocenters. The fraction of sp³-hybridized carbons (Fsp3) is 0.588. The average molecular weight is 306 g/mol. The normalized spacial score (nSPS) is 18.3. The first-order valence-corrected chi connectivity index (χ1v) is 7.85. The number of hydrogen-bond acceptors (Lipinski definition) is 3. The van der Waals surface area contributed by atoms with Crippen LogP contribution in [-0.4, -0.2) is 49.4 Å². The van der Waals surface area contributed by atoms with Gasteiger partial charge in [-0.3, -0.25) is 0 Å². The summed E-state index contributed by atoms with van der Waals surface area (Å²) in [6.07, 6.45) is 3.28. The van der Waals surface area contributed by atoms with Gasteiger partial charge in [-0.25, -0.2) is 4.79 Å². The van der Waals surface area contributed by atoms with E-state index in [1.807, 2.05) is 13.0 Å². The van der Waals surface area contributed by atoms with E-state index in [1.54, 1.807) is 14.2 Å². The molecule has 0 saturated heterocycles. The van der Waals surface area contributed by atoms with Crippen molar-refractivity contribution < 1.29 is 14.6 Å². The van der Waals surface area contributed by atoms with Gasteiger partial charge in [0, 0.05) is 19.5 Å². The quantitative estimate of drug-likeness (QED) is 0.876. The number of methoxy groups -OCH3 is 1. The van der Waals surface area contributed by atoms with Crippen molar-refractivity contribution >= 4 is 6.03 Å². The van der Waals surface area contributed by atoms with Gasteiger partial charge in [-0.2, -0.15) is 0 Å². The van der Waals surface area contributed by atoms with Crippen molar-refractivity contribution in [2.75, 3.05) is 27.3 Å². The molecule has 0 saturated carbocycles. The number of fused-ring (bicyclic) bond motifs is 1. The number of aliphatic hydroxyl groups excluding tert-OH is 1. The zero-order valence-electron chi connectivity index (χ0n) is 13.6. The van der Waals surface area contributed by atoms with E-state index in [9.17, 15) is 4.79 Å². The Balaban J connectivity index is 1.99. The molecule has 0 aliphatic heterocycles. The molecule has 5 nitrogen and oxygen atoms in total. The van der Waals surface area contributed by atoms with E-state index in [2.05, 4.69) is 17.4 Å². The second-order valence-corrected chi connectivity index (χ2v) is 5.98. The Morgan fingerprint density at radius 2 is 2.32 bits per heavy atom. The summed E-state index contributed by atoms with van der Waals surface area (Å²) >= 11 is 0. The molecule has 122 valence electrons. The molecule has 0 fully saturated rings. The summed E-state index contributed by atoms with van der Waals surface area (Å²) in [6, 6.07) is 5.89. The van der Waals surface area contributed by atoms with Gasteiger partial charge in [0.25, 0.3) is 0 Å². The summed E-state index contributed by atoms with van der Waals surface area (Å²) < 4.78 is 5.28. The Morgan fingerprint density at radius 1 is 1.55 bits per heavy atom. The number of nitrogens with zero attached hydrogens (tertiary/aromatic N) is 1. The third-order valence-corrected chi connectivity index (χ3v) is 4.53. The molecule has 2 amide bonds. The molecular formula is C17H26N2O3. The van der Waals surface area contributed by atoms with Gasteiger partial charge >= 0.3 is 6.03 Å². The van der Waals surface area contributed by atoms with Gasteiger partial charge in [0.15, 0.2) is 0 Å². The van der Waals surface area contributed by atoms with E-state index >= 15 is 0 Å². The van der Waals surface area contributed by atoms with Crippen molar-refractivity contribution in [3.05, 3.63) is 29.3 Å². The Hall–Kier alpha value is -1.75. The standard InChI is InChI=1S/C17H26N2O3/c1-12(11-20)19(2)17(21)18-10-14-6-4-5-13-9-15(22-3)7-8-16(13)14/h7-9,12,14,20H,4-6,10-11H2,1-3H3,(H,18,21). The highest BCUT2D eigenvalue weighted by molar-refractivity contribution is 5.74. The smallest absolute Gasteiger partial charge is 0.317 e. The van der Waals surface area contributed by atoms with Crippen LogP contribution in [0.3, 0.4) is 0 Å². The molecule has 2 atom stereocenters. The van der Waals surface area contributed by atoms with Crippen LogP contribution in [0.4, 0.5) is 4.79 Å². The molecule has 0 aromatic heterocycles. The van der Waals surface area contributed by atoms with Crippen LogP contribution in [0.5, 0.6) is 5.75 Å². The zero-order chi connectivity index (χ0) is 16.1. The maximum atomic E-state index is 12.1. The SMILES string of the molecule is COc1ccc2c(c1)CCCC2CNC(=O)N(C)C(C)CO. The third-order valence-electron chi connectivity index (χ3n) is 4.53. The minimum absolute atomic E-state index is 0.0318. The molecule has 0 radical (unpaired) electrons. The lowest BCUT2D eigenvalue weighted by molar-refractivity contribution is 0.157. The van der Waals surface area contributed by atoms with Crippen LogP contribution >= 0.6 is 0 Å². The van der Waals surface area contributed by atoms with Crippen LogP contribution in [0.15, 0.2) is 18.2 Å². The number of ether oxygens (including phenoxy) is 1. The first-order chi connectivity index (χ1) is 10.6. The first-order valence-electron chi connectivity index (χ1n) is 7.85. The third kappa shape index (κ3) is 3.71. The van der Waals surface area contributed by atoms with Gasteiger partial charge in [0.1, 0.15) is 5.75 Å². The number of rotatable bonds is 5. The molecule has 1 aromatic rings. The highest BCUT2D eigenvalue weighted by Crippen LogP contribution is 2.33. The molecular weight excluding hydrogens is 280 g/mol. The van der Waals surface area contributed by atoms with Gasteiger partial charge in [0.2, 0.25) is 0 Å². The Labute approximate surface area is 132 Å². The molecule has 1 aliphatic rings. The Kier molecular flexibility index (Phi) is 5.66. The number of aliphatic hydroxyl groups is 1. The van der Waals surface area contributed by atoms with Crippen LogP contribution in [0.1, 0.15) is 36.8 Å². The largest absolute Gasteiger partial charge is 0.497 e. The van der Waals surface area contributed by atoms with Gasteiger partial charge in [-0.05, 0) is 49.4 Å². The number of amides is 2. The molecule has 1 aliphatic carbocycles. The van der Waals surface area contributed by atoms with Crippen LogP contribution in [-0.2, 0) is 6.42 Å². The van der Waals surface area contributed by atoms with Crippen LogP contribution < -0.4 is 10.1 Å². The number of hydrogen-bond donors (Lipinski definition) is 2. The fourth-order valence-corrected chi connectivity index (χ4v) is 2.89. The zero-order valence-corrected chi connectivity index (χ0v) is 13.6. The number of nitrogens with one attached hydrogen (secondary N) is 1. The molecule has 2 N–H and O–H groups in total. The van der Waals surface area contributed by atoms with Crippen molar-refractivity contribution in [2.45, 2.75) is 38.1 Å². The van der Waals surface area contributed by atoms with Gasteiger partial charge in [-0.1, -0.05) is 6.07 Å².